The van der Waals surface area contributed by atoms with Gasteiger partial charge >= 0.3 is 6.09 Å². The second kappa shape index (κ2) is 12.2. The molecule has 6 nitrogen and oxygen atoms in total. The first-order valence-corrected chi connectivity index (χ1v) is 14.7. The third kappa shape index (κ3) is 6.33. The minimum absolute atomic E-state index is 0.0158. The number of nitrogens with zero attached hydrogens (tertiary/aromatic N) is 2. The molecule has 2 amide bonds. The number of carbonyl (C=O) groups is 2. The van der Waals surface area contributed by atoms with Crippen molar-refractivity contribution in [1.82, 2.24) is 10.2 Å². The van der Waals surface area contributed by atoms with Gasteiger partial charge in [-0.15, -0.1) is 0 Å². The van der Waals surface area contributed by atoms with Gasteiger partial charge in [-0.3, -0.25) is 9.69 Å². The minimum Gasteiger partial charge on any atom is -0.437 e. The molecule has 0 saturated carbocycles. The number of likely N-dealkylation sites (tertiary alicyclic amines) is 1. The zero-order valence-corrected chi connectivity index (χ0v) is 25.1. The highest BCUT2D eigenvalue weighted by Crippen LogP contribution is 2.46. The van der Waals surface area contributed by atoms with Crippen molar-refractivity contribution in [1.29, 1.82) is 0 Å². The molecule has 0 bridgehead atoms. The number of rotatable bonds is 7. The van der Waals surface area contributed by atoms with Crippen LogP contribution in [0.1, 0.15) is 48.8 Å². The van der Waals surface area contributed by atoms with Gasteiger partial charge in [0.15, 0.2) is 0 Å². The molecule has 2 aliphatic heterocycles. The van der Waals surface area contributed by atoms with E-state index in [4.69, 9.17) is 39.5 Å². The van der Waals surface area contributed by atoms with Crippen molar-refractivity contribution in [2.75, 3.05) is 25.0 Å². The van der Waals surface area contributed by atoms with E-state index < -0.39 is 17.6 Å². The normalized spacial score (nSPS) is 18.0. The zero-order valence-electron chi connectivity index (χ0n) is 22.8. The Morgan fingerprint density at radius 1 is 1.02 bits per heavy atom. The van der Waals surface area contributed by atoms with E-state index in [0.29, 0.717) is 65.2 Å². The van der Waals surface area contributed by atoms with Crippen LogP contribution in [0.3, 0.4) is 0 Å². The maximum Gasteiger partial charge on any atom is 0.414 e. The summed E-state index contributed by atoms with van der Waals surface area (Å²) in [7, 11) is 1.63. The number of amides is 2. The van der Waals surface area contributed by atoms with Crippen molar-refractivity contribution >= 4 is 52.5 Å². The Labute approximate surface area is 254 Å². The average molecular weight is 619 g/mol. The number of nitrogens with one attached hydrogen (secondary N) is 1. The Morgan fingerprint density at radius 3 is 2.41 bits per heavy atom. The molecule has 1 N–H and O–H groups in total. The number of hydrogen-bond acceptors (Lipinski definition) is 4. The van der Waals surface area contributed by atoms with Gasteiger partial charge in [0.2, 0.25) is 5.91 Å². The summed E-state index contributed by atoms with van der Waals surface area (Å²) in [5, 5.41) is 4.51. The van der Waals surface area contributed by atoms with E-state index in [0.717, 1.165) is 11.1 Å². The number of fused-ring (bicyclic) bond motifs is 2. The highest BCUT2D eigenvalue weighted by atomic mass is 35.5. The molecule has 2 unspecified atom stereocenters. The van der Waals surface area contributed by atoms with Gasteiger partial charge in [-0.05, 0) is 66.9 Å². The number of piperidine rings is 1. The average Bonchev–Trinajstić information content (AvgIpc) is 2.96. The van der Waals surface area contributed by atoms with Crippen molar-refractivity contribution in [3.63, 3.8) is 0 Å². The van der Waals surface area contributed by atoms with Gasteiger partial charge in [-0.25, -0.2) is 9.18 Å². The van der Waals surface area contributed by atoms with Crippen LogP contribution in [0.15, 0.2) is 60.7 Å². The van der Waals surface area contributed by atoms with Crippen LogP contribution in [-0.4, -0.2) is 43.1 Å². The SMILES string of the molecule is CC(CC(C(=O)NCc1ccc(Cl)cc1)c1ccc(Cl)c(Cl)c1)N1CCC2(CC1)OC(=O)N(C)c1ccc(F)cc12. The van der Waals surface area contributed by atoms with Crippen LogP contribution in [0.4, 0.5) is 14.9 Å². The van der Waals surface area contributed by atoms with Crippen LogP contribution in [0.2, 0.25) is 15.1 Å². The molecule has 41 heavy (non-hydrogen) atoms. The summed E-state index contributed by atoms with van der Waals surface area (Å²) in [5.74, 6) is -0.953. The van der Waals surface area contributed by atoms with Crippen molar-refractivity contribution in [3.05, 3.63) is 98.2 Å². The third-order valence-corrected chi connectivity index (χ3v) is 9.21. The van der Waals surface area contributed by atoms with E-state index in [9.17, 15) is 14.0 Å². The van der Waals surface area contributed by atoms with Crippen molar-refractivity contribution in [3.8, 4) is 0 Å². The molecule has 1 saturated heterocycles. The first-order valence-electron chi connectivity index (χ1n) is 13.5. The number of halogens is 4. The molecular formula is C31H31Cl3FN3O3. The van der Waals surface area contributed by atoms with E-state index in [1.165, 1.54) is 17.0 Å². The first kappa shape index (κ1) is 29.6. The quantitative estimate of drug-likeness (QED) is 0.297. The molecule has 216 valence electrons. The fourth-order valence-electron chi connectivity index (χ4n) is 5.78. The summed E-state index contributed by atoms with van der Waals surface area (Å²) in [6.45, 7) is 3.69. The van der Waals surface area contributed by atoms with Gasteiger partial charge in [0, 0.05) is 56.2 Å². The van der Waals surface area contributed by atoms with E-state index in [-0.39, 0.29) is 17.8 Å². The smallest absolute Gasteiger partial charge is 0.414 e. The van der Waals surface area contributed by atoms with Gasteiger partial charge in [-0.2, -0.15) is 0 Å². The second-order valence-electron chi connectivity index (χ2n) is 10.8. The van der Waals surface area contributed by atoms with E-state index in [2.05, 4.69) is 17.1 Å². The molecule has 5 rings (SSSR count). The van der Waals surface area contributed by atoms with Crippen LogP contribution >= 0.6 is 34.8 Å². The van der Waals surface area contributed by atoms with Crippen molar-refractivity contribution < 1.29 is 18.7 Å². The molecule has 1 fully saturated rings. The number of carbonyl (C=O) groups excluding carboxylic acids is 2. The van der Waals surface area contributed by atoms with Crippen LogP contribution in [-0.2, 0) is 21.7 Å². The predicted molar refractivity (Wildman–Crippen MR) is 160 cm³/mol. The molecule has 3 aromatic rings. The highest BCUT2D eigenvalue weighted by Gasteiger charge is 2.47. The Bertz CT molecular complexity index is 1440. The van der Waals surface area contributed by atoms with Gasteiger partial charge in [-0.1, -0.05) is 53.0 Å². The Morgan fingerprint density at radius 2 is 1.73 bits per heavy atom. The molecule has 2 aliphatic rings. The monoisotopic (exact) mass is 617 g/mol. The molecule has 0 radical (unpaired) electrons. The summed E-state index contributed by atoms with van der Waals surface area (Å²) >= 11 is 18.5. The maximum atomic E-state index is 14.3. The van der Waals surface area contributed by atoms with Gasteiger partial charge < -0.3 is 15.0 Å². The molecule has 10 heteroatoms. The summed E-state index contributed by atoms with van der Waals surface area (Å²) in [6.07, 6.45) is 1.13. The van der Waals surface area contributed by atoms with E-state index in [1.54, 1.807) is 37.4 Å². The number of anilines is 1. The topological polar surface area (TPSA) is 61.9 Å². The van der Waals surface area contributed by atoms with Gasteiger partial charge in [0.05, 0.1) is 21.7 Å². The Hall–Kier alpha value is -2.84. The Kier molecular flexibility index (Phi) is 8.81. The lowest BCUT2D eigenvalue weighted by atomic mass is 9.81. The fourth-order valence-corrected chi connectivity index (χ4v) is 6.21. The van der Waals surface area contributed by atoms with Crippen LogP contribution < -0.4 is 10.2 Å². The van der Waals surface area contributed by atoms with Crippen LogP contribution in [0, 0.1) is 5.82 Å². The van der Waals surface area contributed by atoms with Crippen LogP contribution in [0.25, 0.3) is 0 Å². The molecule has 2 heterocycles. The number of ether oxygens (including phenoxy) is 1. The lowest BCUT2D eigenvalue weighted by Gasteiger charge is -2.47. The number of hydrogen-bond donors (Lipinski definition) is 1. The summed E-state index contributed by atoms with van der Waals surface area (Å²) in [6, 6.07) is 17.1. The molecule has 2 atom stereocenters. The molecule has 1 spiro atoms. The Balaban J connectivity index is 1.31. The summed E-state index contributed by atoms with van der Waals surface area (Å²) in [5.41, 5.74) is 2.20. The van der Waals surface area contributed by atoms with E-state index in [1.807, 2.05) is 18.2 Å². The van der Waals surface area contributed by atoms with E-state index >= 15 is 0 Å². The van der Waals surface area contributed by atoms with Crippen molar-refractivity contribution in [2.24, 2.45) is 0 Å². The lowest BCUT2D eigenvalue weighted by Crippen LogP contribution is -2.52. The standard InChI is InChI=1S/C31H31Cl3FN3O3/c1-19(38-13-11-31(12-14-38)25-17-23(35)8-10-28(25)37(2)30(40)41-31)15-24(21-5-9-26(33)27(34)16-21)29(39)36-18-20-3-6-22(32)7-4-20/h3-10,16-17,19,24H,11-15,18H2,1-2H3,(H,36,39). The summed E-state index contributed by atoms with van der Waals surface area (Å²) in [4.78, 5) is 29.9. The lowest BCUT2D eigenvalue weighted by molar-refractivity contribution is -0.123. The third-order valence-electron chi connectivity index (χ3n) is 8.22. The number of benzene rings is 3. The molecule has 0 aliphatic carbocycles. The van der Waals surface area contributed by atoms with Gasteiger partial charge in [0.25, 0.3) is 0 Å². The molecule has 0 aromatic heterocycles. The van der Waals surface area contributed by atoms with Crippen molar-refractivity contribution in [2.45, 2.75) is 50.3 Å². The van der Waals surface area contributed by atoms with Crippen LogP contribution in [0.5, 0.6) is 0 Å². The molecular weight excluding hydrogens is 588 g/mol. The zero-order chi connectivity index (χ0) is 29.3. The fraction of sp³-hybridized carbons (Fsp3) is 0.355. The first-order chi connectivity index (χ1) is 19.6. The maximum absolute atomic E-state index is 14.3. The molecule has 3 aromatic carbocycles. The summed E-state index contributed by atoms with van der Waals surface area (Å²) < 4.78 is 20.2. The largest absolute Gasteiger partial charge is 0.437 e. The highest BCUT2D eigenvalue weighted by molar-refractivity contribution is 6.42. The second-order valence-corrected chi connectivity index (χ2v) is 12.0. The predicted octanol–water partition coefficient (Wildman–Crippen LogP) is 7.54. The van der Waals surface area contributed by atoms with Gasteiger partial charge in [0.1, 0.15) is 11.4 Å². The minimum atomic E-state index is -0.879.